The Morgan fingerprint density at radius 3 is 2.19 bits per heavy atom. The summed E-state index contributed by atoms with van der Waals surface area (Å²) in [7, 11) is -2.83. The largest absolute Gasteiger partial charge is 0.313 e. The number of nitrogens with one attached hydrogen (secondary N) is 1. The van der Waals surface area contributed by atoms with E-state index in [0.29, 0.717) is 11.8 Å². The Morgan fingerprint density at radius 2 is 1.67 bits per heavy atom. The summed E-state index contributed by atoms with van der Waals surface area (Å²) in [6.45, 7) is 0.821. The zero-order valence-corrected chi connectivity index (χ0v) is 13.5. The van der Waals surface area contributed by atoms with Crippen molar-refractivity contribution in [3.05, 3.63) is 35.4 Å². The van der Waals surface area contributed by atoms with E-state index in [4.69, 9.17) is 0 Å². The molecule has 0 aromatic heterocycles. The first kappa shape index (κ1) is 15.0. The zero-order valence-electron chi connectivity index (χ0n) is 12.7. The van der Waals surface area contributed by atoms with Crippen molar-refractivity contribution in [1.82, 2.24) is 5.32 Å². The highest BCUT2D eigenvalue weighted by molar-refractivity contribution is 7.90. The zero-order chi connectivity index (χ0) is 14.9. The summed E-state index contributed by atoms with van der Waals surface area (Å²) in [5.74, 6) is 1.73. The van der Waals surface area contributed by atoms with Gasteiger partial charge >= 0.3 is 0 Å². The van der Waals surface area contributed by atoms with Crippen LogP contribution in [0.1, 0.15) is 30.4 Å². The average molecular weight is 307 g/mol. The quantitative estimate of drug-likeness (QED) is 0.848. The van der Waals surface area contributed by atoms with Gasteiger partial charge in [-0.25, -0.2) is 8.42 Å². The van der Waals surface area contributed by atoms with E-state index < -0.39 is 9.84 Å². The Morgan fingerprint density at radius 1 is 1.10 bits per heavy atom. The molecule has 0 amide bonds. The fourth-order valence-electron chi connectivity index (χ4n) is 4.09. The lowest BCUT2D eigenvalue weighted by molar-refractivity contribution is 0.343. The maximum atomic E-state index is 11.2. The number of sulfone groups is 1. The fourth-order valence-corrected chi connectivity index (χ4v) is 4.76. The van der Waals surface area contributed by atoms with Crippen molar-refractivity contribution < 1.29 is 8.42 Å². The monoisotopic (exact) mass is 307 g/mol. The molecular weight excluding hydrogens is 282 g/mol. The first-order chi connectivity index (χ1) is 10.0. The van der Waals surface area contributed by atoms with Crippen molar-refractivity contribution in [3.8, 4) is 0 Å². The lowest BCUT2D eigenvalue weighted by atomic mass is 9.94. The molecule has 2 unspecified atom stereocenters. The topological polar surface area (TPSA) is 46.2 Å². The van der Waals surface area contributed by atoms with Gasteiger partial charge in [0.1, 0.15) is 9.84 Å². The molecule has 1 saturated carbocycles. The molecule has 2 atom stereocenters. The van der Waals surface area contributed by atoms with E-state index in [2.05, 4.69) is 29.6 Å². The normalized spacial score (nSPS) is 28.1. The SMILES string of the molecule is CS(=O)(=O)CCCNC1C2CCC1Cc1ccccc1C2. The molecule has 2 bridgehead atoms. The van der Waals surface area contributed by atoms with E-state index in [0.717, 1.165) is 24.8 Å². The van der Waals surface area contributed by atoms with Crippen molar-refractivity contribution in [3.63, 3.8) is 0 Å². The smallest absolute Gasteiger partial charge is 0.147 e. The van der Waals surface area contributed by atoms with E-state index in [-0.39, 0.29) is 0 Å². The van der Waals surface area contributed by atoms with Crippen LogP contribution in [0.3, 0.4) is 0 Å². The predicted octanol–water partition coefficient (Wildman–Crippen LogP) is 2.20. The molecule has 0 saturated heterocycles. The molecule has 2 aliphatic carbocycles. The highest BCUT2D eigenvalue weighted by atomic mass is 32.2. The Kier molecular flexibility index (Phi) is 4.36. The lowest BCUT2D eigenvalue weighted by Gasteiger charge is -2.23. The summed E-state index contributed by atoms with van der Waals surface area (Å²) >= 11 is 0. The molecule has 116 valence electrons. The minimum Gasteiger partial charge on any atom is -0.313 e. The van der Waals surface area contributed by atoms with Gasteiger partial charge in [-0.05, 0) is 61.6 Å². The average Bonchev–Trinajstić information content (AvgIpc) is 2.68. The van der Waals surface area contributed by atoms with Crippen LogP contribution in [0.2, 0.25) is 0 Å². The summed E-state index contributed by atoms with van der Waals surface area (Å²) in [6.07, 6.45) is 7.01. The van der Waals surface area contributed by atoms with Crippen LogP contribution in [-0.2, 0) is 22.7 Å². The highest BCUT2D eigenvalue weighted by Crippen LogP contribution is 2.39. The third-order valence-corrected chi connectivity index (χ3v) is 6.11. The van der Waals surface area contributed by atoms with Gasteiger partial charge in [0.05, 0.1) is 5.75 Å². The van der Waals surface area contributed by atoms with Gasteiger partial charge in [0.15, 0.2) is 0 Å². The summed E-state index contributed by atoms with van der Waals surface area (Å²) in [5, 5.41) is 3.67. The second-order valence-corrected chi connectivity index (χ2v) is 9.00. The van der Waals surface area contributed by atoms with Gasteiger partial charge in [-0.1, -0.05) is 24.3 Å². The summed E-state index contributed by atoms with van der Waals surface area (Å²) < 4.78 is 22.4. The van der Waals surface area contributed by atoms with Crippen LogP contribution in [0, 0.1) is 11.8 Å². The van der Waals surface area contributed by atoms with Gasteiger partial charge in [-0.15, -0.1) is 0 Å². The van der Waals surface area contributed by atoms with Crippen molar-refractivity contribution in [2.75, 3.05) is 18.6 Å². The second-order valence-electron chi connectivity index (χ2n) is 6.74. The first-order valence-electron chi connectivity index (χ1n) is 8.01. The van der Waals surface area contributed by atoms with Crippen LogP contribution in [0.15, 0.2) is 24.3 Å². The molecule has 4 heteroatoms. The van der Waals surface area contributed by atoms with Crippen molar-refractivity contribution in [1.29, 1.82) is 0 Å². The fraction of sp³-hybridized carbons (Fsp3) is 0.647. The van der Waals surface area contributed by atoms with Gasteiger partial charge < -0.3 is 5.32 Å². The molecule has 1 N–H and O–H groups in total. The molecule has 0 aliphatic heterocycles. The van der Waals surface area contributed by atoms with Gasteiger partial charge in [-0.2, -0.15) is 0 Å². The maximum absolute atomic E-state index is 11.2. The Labute approximate surface area is 128 Å². The number of benzene rings is 1. The number of fused-ring (bicyclic) bond motifs is 3. The summed E-state index contributed by atoms with van der Waals surface area (Å²) in [6, 6.07) is 9.41. The van der Waals surface area contributed by atoms with E-state index in [1.54, 1.807) is 0 Å². The van der Waals surface area contributed by atoms with Crippen LogP contribution in [-0.4, -0.2) is 33.0 Å². The molecule has 2 aliphatic rings. The molecule has 0 spiro atoms. The summed E-state index contributed by atoms with van der Waals surface area (Å²) in [5.41, 5.74) is 3.04. The van der Waals surface area contributed by atoms with Crippen LogP contribution in [0.25, 0.3) is 0 Å². The minimum absolute atomic E-state index is 0.294. The van der Waals surface area contributed by atoms with E-state index in [1.807, 2.05) is 0 Å². The molecule has 0 radical (unpaired) electrons. The Hall–Kier alpha value is -0.870. The molecule has 0 heterocycles. The Bertz CT molecular complexity index is 564. The summed E-state index contributed by atoms with van der Waals surface area (Å²) in [4.78, 5) is 0. The third-order valence-electron chi connectivity index (χ3n) is 5.08. The minimum atomic E-state index is -2.83. The number of hydrogen-bond acceptors (Lipinski definition) is 3. The molecule has 3 rings (SSSR count). The van der Waals surface area contributed by atoms with Crippen LogP contribution in [0.5, 0.6) is 0 Å². The van der Waals surface area contributed by atoms with Crippen molar-refractivity contribution in [2.45, 2.75) is 38.1 Å². The number of hydrogen-bond donors (Lipinski definition) is 1. The van der Waals surface area contributed by atoms with E-state index >= 15 is 0 Å². The number of rotatable bonds is 5. The molecule has 1 fully saturated rings. The maximum Gasteiger partial charge on any atom is 0.147 e. The standard InChI is InChI=1S/C17H25NO2S/c1-21(19,20)10-4-9-18-17-15-7-8-16(17)12-14-6-3-2-5-13(14)11-15/h2-3,5-6,15-18H,4,7-12H2,1H3. The van der Waals surface area contributed by atoms with Gasteiger partial charge in [0.25, 0.3) is 0 Å². The van der Waals surface area contributed by atoms with Crippen LogP contribution in [0.4, 0.5) is 0 Å². The highest BCUT2D eigenvalue weighted by Gasteiger charge is 2.38. The molecule has 21 heavy (non-hydrogen) atoms. The van der Waals surface area contributed by atoms with Gasteiger partial charge in [-0.3, -0.25) is 0 Å². The second kappa shape index (κ2) is 6.09. The van der Waals surface area contributed by atoms with Gasteiger partial charge in [0, 0.05) is 12.3 Å². The van der Waals surface area contributed by atoms with Gasteiger partial charge in [0.2, 0.25) is 0 Å². The molecule has 3 nitrogen and oxygen atoms in total. The lowest BCUT2D eigenvalue weighted by Crippen LogP contribution is -2.39. The van der Waals surface area contributed by atoms with E-state index in [1.165, 1.54) is 43.1 Å². The van der Waals surface area contributed by atoms with Crippen LogP contribution >= 0.6 is 0 Å². The Balaban J connectivity index is 1.61. The van der Waals surface area contributed by atoms with Crippen molar-refractivity contribution in [2.24, 2.45) is 11.8 Å². The predicted molar refractivity (Wildman–Crippen MR) is 86.2 cm³/mol. The molecule has 1 aromatic carbocycles. The molecular formula is C17H25NO2S. The third kappa shape index (κ3) is 3.67. The van der Waals surface area contributed by atoms with E-state index in [9.17, 15) is 8.42 Å². The van der Waals surface area contributed by atoms with Crippen LogP contribution < -0.4 is 5.32 Å². The first-order valence-corrected chi connectivity index (χ1v) is 10.1. The van der Waals surface area contributed by atoms with Crippen molar-refractivity contribution >= 4 is 9.84 Å². The molecule has 1 aromatic rings.